The summed E-state index contributed by atoms with van der Waals surface area (Å²) in [6.45, 7) is 0. The lowest BCUT2D eigenvalue weighted by Crippen LogP contribution is -2.20. The summed E-state index contributed by atoms with van der Waals surface area (Å²) in [7, 11) is 1.41. The minimum atomic E-state index is -1.07. The predicted octanol–water partition coefficient (Wildman–Crippen LogP) is 1.72. The SMILES string of the molecule is COc1ccc(C2(C(=O)O)CC2)c([N+](=O)[O-])c1. The van der Waals surface area contributed by atoms with Gasteiger partial charge in [-0.05, 0) is 25.0 Å². The van der Waals surface area contributed by atoms with Crippen molar-refractivity contribution in [1.29, 1.82) is 0 Å². The molecule has 17 heavy (non-hydrogen) atoms. The fourth-order valence-corrected chi connectivity index (χ4v) is 1.92. The number of rotatable bonds is 4. The molecule has 0 spiro atoms. The topological polar surface area (TPSA) is 89.7 Å². The molecule has 1 aliphatic carbocycles. The summed E-state index contributed by atoms with van der Waals surface area (Å²) in [5.41, 5.74) is -1.01. The Labute approximate surface area is 97.0 Å². The van der Waals surface area contributed by atoms with Crippen LogP contribution in [0, 0.1) is 10.1 Å². The first-order valence-electron chi connectivity index (χ1n) is 5.07. The lowest BCUT2D eigenvalue weighted by atomic mass is 9.94. The van der Waals surface area contributed by atoms with Gasteiger partial charge in [0.1, 0.15) is 5.75 Å². The largest absolute Gasteiger partial charge is 0.497 e. The molecule has 0 aromatic heterocycles. The summed E-state index contributed by atoms with van der Waals surface area (Å²) in [5.74, 6) is -0.660. The van der Waals surface area contributed by atoms with Gasteiger partial charge in [-0.25, -0.2) is 0 Å². The van der Waals surface area contributed by atoms with Crippen LogP contribution < -0.4 is 4.74 Å². The van der Waals surface area contributed by atoms with Crippen LogP contribution in [-0.4, -0.2) is 23.1 Å². The number of carboxylic acid groups (broad SMARTS) is 1. The highest BCUT2D eigenvalue weighted by Gasteiger charge is 2.54. The summed E-state index contributed by atoms with van der Waals surface area (Å²) in [4.78, 5) is 21.5. The first-order valence-corrected chi connectivity index (χ1v) is 5.07. The second kappa shape index (κ2) is 3.73. The molecule has 0 radical (unpaired) electrons. The van der Waals surface area contributed by atoms with E-state index in [2.05, 4.69) is 0 Å². The van der Waals surface area contributed by atoms with Gasteiger partial charge >= 0.3 is 5.97 Å². The van der Waals surface area contributed by atoms with E-state index in [4.69, 9.17) is 9.84 Å². The third-order valence-corrected chi connectivity index (χ3v) is 3.08. The Morgan fingerprint density at radius 1 is 1.53 bits per heavy atom. The maximum atomic E-state index is 11.2. The van der Waals surface area contributed by atoms with E-state index < -0.39 is 16.3 Å². The Morgan fingerprint density at radius 2 is 2.18 bits per heavy atom. The van der Waals surface area contributed by atoms with Crippen LogP contribution in [0.4, 0.5) is 5.69 Å². The second-order valence-electron chi connectivity index (χ2n) is 4.03. The van der Waals surface area contributed by atoms with Crippen molar-refractivity contribution >= 4 is 11.7 Å². The van der Waals surface area contributed by atoms with Gasteiger partial charge in [0.15, 0.2) is 0 Å². The molecule has 0 bridgehead atoms. The number of methoxy groups -OCH3 is 1. The Bertz CT molecular complexity index is 493. The van der Waals surface area contributed by atoms with Gasteiger partial charge in [0, 0.05) is 5.56 Å². The van der Waals surface area contributed by atoms with Gasteiger partial charge in [-0.15, -0.1) is 0 Å². The molecule has 1 aliphatic rings. The molecule has 1 saturated carbocycles. The number of benzene rings is 1. The molecule has 0 atom stereocenters. The molecule has 1 N–H and O–H groups in total. The number of carbonyl (C=O) groups is 1. The molecule has 0 saturated heterocycles. The van der Waals surface area contributed by atoms with E-state index in [0.717, 1.165) is 0 Å². The lowest BCUT2D eigenvalue weighted by molar-refractivity contribution is -0.385. The van der Waals surface area contributed by atoms with Crippen LogP contribution in [0.2, 0.25) is 0 Å². The maximum Gasteiger partial charge on any atom is 0.314 e. The third kappa shape index (κ3) is 1.71. The van der Waals surface area contributed by atoms with Gasteiger partial charge in [-0.3, -0.25) is 14.9 Å². The number of nitro benzene ring substituents is 1. The average Bonchev–Trinajstić information content (AvgIpc) is 3.09. The highest BCUT2D eigenvalue weighted by Crippen LogP contribution is 2.51. The number of nitrogens with zero attached hydrogens (tertiary/aromatic N) is 1. The van der Waals surface area contributed by atoms with Crippen molar-refractivity contribution in [2.24, 2.45) is 0 Å². The van der Waals surface area contributed by atoms with Crippen LogP contribution in [-0.2, 0) is 10.2 Å². The molecule has 0 aliphatic heterocycles. The molecule has 0 amide bonds. The fraction of sp³-hybridized carbons (Fsp3) is 0.364. The quantitative estimate of drug-likeness (QED) is 0.636. The summed E-state index contributed by atoms with van der Waals surface area (Å²) in [6.07, 6.45) is 0.880. The molecular weight excluding hydrogens is 226 g/mol. The van der Waals surface area contributed by atoms with Gasteiger partial charge in [0.2, 0.25) is 0 Å². The number of carboxylic acids is 1. The monoisotopic (exact) mass is 237 g/mol. The average molecular weight is 237 g/mol. The zero-order valence-electron chi connectivity index (χ0n) is 9.17. The predicted molar refractivity (Wildman–Crippen MR) is 58.2 cm³/mol. The van der Waals surface area contributed by atoms with Crippen molar-refractivity contribution in [3.05, 3.63) is 33.9 Å². The second-order valence-corrected chi connectivity index (χ2v) is 4.03. The van der Waals surface area contributed by atoms with Crippen molar-refractivity contribution in [2.45, 2.75) is 18.3 Å². The number of ether oxygens (including phenoxy) is 1. The van der Waals surface area contributed by atoms with Crippen LogP contribution in [0.5, 0.6) is 5.75 Å². The lowest BCUT2D eigenvalue weighted by Gasteiger charge is -2.11. The summed E-state index contributed by atoms with van der Waals surface area (Å²) in [6, 6.07) is 4.28. The smallest absolute Gasteiger partial charge is 0.314 e. The van der Waals surface area contributed by atoms with Crippen LogP contribution in [0.25, 0.3) is 0 Å². The van der Waals surface area contributed by atoms with Crippen molar-refractivity contribution in [1.82, 2.24) is 0 Å². The molecule has 6 heteroatoms. The number of aliphatic carboxylic acids is 1. The zero-order chi connectivity index (χ0) is 12.6. The van der Waals surface area contributed by atoms with Crippen molar-refractivity contribution < 1.29 is 19.6 Å². The van der Waals surface area contributed by atoms with Gasteiger partial charge < -0.3 is 9.84 Å². The van der Waals surface area contributed by atoms with Crippen molar-refractivity contribution in [2.75, 3.05) is 7.11 Å². The highest BCUT2D eigenvalue weighted by atomic mass is 16.6. The minimum Gasteiger partial charge on any atom is -0.497 e. The highest BCUT2D eigenvalue weighted by molar-refractivity contribution is 5.86. The first kappa shape index (κ1) is 11.4. The molecule has 90 valence electrons. The Hall–Kier alpha value is -2.11. The summed E-state index contributed by atoms with van der Waals surface area (Å²) >= 11 is 0. The number of hydrogen-bond donors (Lipinski definition) is 1. The summed E-state index contributed by atoms with van der Waals surface area (Å²) < 4.78 is 4.90. The van der Waals surface area contributed by atoms with Crippen molar-refractivity contribution in [3.8, 4) is 5.75 Å². The zero-order valence-corrected chi connectivity index (χ0v) is 9.17. The van der Waals surface area contributed by atoms with E-state index in [1.807, 2.05) is 0 Å². The van der Waals surface area contributed by atoms with Gasteiger partial charge in [-0.1, -0.05) is 0 Å². The fourth-order valence-electron chi connectivity index (χ4n) is 1.92. The van der Waals surface area contributed by atoms with Crippen LogP contribution in [0.1, 0.15) is 18.4 Å². The van der Waals surface area contributed by atoms with E-state index in [0.29, 0.717) is 18.6 Å². The maximum absolute atomic E-state index is 11.2. The molecule has 1 fully saturated rings. The minimum absolute atomic E-state index is 0.191. The third-order valence-electron chi connectivity index (χ3n) is 3.08. The van der Waals surface area contributed by atoms with Crippen molar-refractivity contribution in [3.63, 3.8) is 0 Å². The van der Waals surface area contributed by atoms with Crippen LogP contribution >= 0.6 is 0 Å². The summed E-state index contributed by atoms with van der Waals surface area (Å²) in [5, 5.41) is 20.1. The Kier molecular flexibility index (Phi) is 2.49. The van der Waals surface area contributed by atoms with E-state index in [-0.39, 0.29) is 11.3 Å². The molecule has 1 aromatic carbocycles. The number of nitro groups is 1. The van der Waals surface area contributed by atoms with Crippen LogP contribution in [0.15, 0.2) is 18.2 Å². The first-order chi connectivity index (χ1) is 8.01. The Balaban J connectivity index is 2.54. The van der Waals surface area contributed by atoms with Gasteiger partial charge in [0.25, 0.3) is 5.69 Å². The van der Waals surface area contributed by atoms with E-state index in [1.54, 1.807) is 6.07 Å². The molecule has 2 rings (SSSR count). The molecular formula is C11H11NO5. The van der Waals surface area contributed by atoms with E-state index in [1.165, 1.54) is 19.2 Å². The van der Waals surface area contributed by atoms with E-state index >= 15 is 0 Å². The van der Waals surface area contributed by atoms with E-state index in [9.17, 15) is 14.9 Å². The van der Waals surface area contributed by atoms with Crippen LogP contribution in [0.3, 0.4) is 0 Å². The molecule has 0 unspecified atom stereocenters. The standard InChI is InChI=1S/C11H11NO5/c1-17-7-2-3-8(9(6-7)12(15)16)11(4-5-11)10(13)14/h2-3,6H,4-5H2,1H3,(H,13,14). The van der Waals surface area contributed by atoms with Gasteiger partial charge in [0.05, 0.1) is 23.5 Å². The Morgan fingerprint density at radius 3 is 2.59 bits per heavy atom. The normalized spacial score (nSPS) is 16.3. The molecule has 1 aromatic rings. The molecule has 0 heterocycles. The van der Waals surface area contributed by atoms with Gasteiger partial charge in [-0.2, -0.15) is 0 Å². The molecule has 6 nitrogen and oxygen atoms in total. The number of hydrogen-bond acceptors (Lipinski definition) is 4.